The molecule has 6 heteroatoms. The zero-order valence-electron chi connectivity index (χ0n) is 10.5. The van der Waals surface area contributed by atoms with Gasteiger partial charge in [-0.05, 0) is 24.4 Å². The molecule has 0 spiro atoms. The molecule has 4 nitrogen and oxygen atoms in total. The van der Waals surface area contributed by atoms with E-state index >= 15 is 0 Å². The van der Waals surface area contributed by atoms with Crippen molar-refractivity contribution in [1.29, 1.82) is 0 Å². The van der Waals surface area contributed by atoms with Gasteiger partial charge in [0.2, 0.25) is 10.0 Å². The fraction of sp³-hybridized carbons (Fsp3) is 0.231. The Morgan fingerprint density at radius 1 is 1.21 bits per heavy atom. The summed E-state index contributed by atoms with van der Waals surface area (Å²) in [6.45, 7) is 2.66. The average Bonchev–Trinajstić information content (AvgIpc) is 2.93. The Morgan fingerprint density at radius 3 is 2.68 bits per heavy atom. The van der Waals surface area contributed by atoms with Gasteiger partial charge in [0.1, 0.15) is 9.96 Å². The Balaban J connectivity index is 2.11. The van der Waals surface area contributed by atoms with Crippen LogP contribution in [0.25, 0.3) is 0 Å². The van der Waals surface area contributed by atoms with Gasteiger partial charge >= 0.3 is 0 Å². The Bertz CT molecular complexity index is 621. The van der Waals surface area contributed by atoms with Gasteiger partial charge in [0.05, 0.1) is 6.61 Å². The molecule has 1 heterocycles. The van der Waals surface area contributed by atoms with Crippen molar-refractivity contribution in [2.24, 2.45) is 0 Å². The Labute approximate surface area is 117 Å². The largest absolute Gasteiger partial charge is 0.494 e. The summed E-state index contributed by atoms with van der Waals surface area (Å²) in [5, 5.41) is 1.74. The van der Waals surface area contributed by atoms with Crippen molar-refractivity contribution in [2.45, 2.75) is 17.7 Å². The van der Waals surface area contributed by atoms with Crippen molar-refractivity contribution in [3.05, 3.63) is 47.3 Å². The second-order valence-corrected chi connectivity index (χ2v) is 6.74. The van der Waals surface area contributed by atoms with Gasteiger partial charge in [0, 0.05) is 12.1 Å². The molecule has 1 aromatic heterocycles. The van der Waals surface area contributed by atoms with Crippen molar-refractivity contribution < 1.29 is 13.2 Å². The number of hydrogen-bond acceptors (Lipinski definition) is 4. The van der Waals surface area contributed by atoms with E-state index in [1.165, 1.54) is 11.3 Å². The normalized spacial score (nSPS) is 11.4. The third kappa shape index (κ3) is 3.56. The van der Waals surface area contributed by atoms with Crippen LogP contribution >= 0.6 is 11.3 Å². The van der Waals surface area contributed by atoms with Crippen LogP contribution in [0.15, 0.2) is 46.0 Å². The molecule has 0 bridgehead atoms. The van der Waals surface area contributed by atoms with E-state index in [2.05, 4.69) is 4.72 Å². The van der Waals surface area contributed by atoms with Gasteiger partial charge in [-0.15, -0.1) is 11.3 Å². The summed E-state index contributed by atoms with van der Waals surface area (Å²) < 4.78 is 32.3. The lowest BCUT2D eigenvalue weighted by Crippen LogP contribution is -2.22. The van der Waals surface area contributed by atoms with E-state index in [1.807, 2.05) is 31.2 Å². The molecule has 1 N–H and O–H groups in total. The average molecular weight is 297 g/mol. The molecule has 19 heavy (non-hydrogen) atoms. The van der Waals surface area contributed by atoms with Crippen LogP contribution in [-0.4, -0.2) is 15.0 Å². The van der Waals surface area contributed by atoms with Crippen LogP contribution in [0.2, 0.25) is 0 Å². The van der Waals surface area contributed by atoms with Crippen molar-refractivity contribution in [1.82, 2.24) is 4.72 Å². The van der Waals surface area contributed by atoms with E-state index < -0.39 is 10.0 Å². The maximum atomic E-state index is 12.0. The summed E-state index contributed by atoms with van der Waals surface area (Å²) in [5.74, 6) is 0.707. The highest BCUT2D eigenvalue weighted by atomic mass is 32.2. The van der Waals surface area contributed by atoms with Crippen LogP contribution in [0.3, 0.4) is 0 Å². The highest BCUT2D eigenvalue weighted by molar-refractivity contribution is 7.91. The van der Waals surface area contributed by atoms with Crippen LogP contribution in [0.1, 0.15) is 12.5 Å². The van der Waals surface area contributed by atoms with Crippen molar-refractivity contribution in [2.75, 3.05) is 6.61 Å². The minimum Gasteiger partial charge on any atom is -0.494 e. The highest BCUT2D eigenvalue weighted by Crippen LogP contribution is 2.20. The van der Waals surface area contributed by atoms with Crippen molar-refractivity contribution in [3.8, 4) is 5.75 Å². The minimum absolute atomic E-state index is 0.219. The van der Waals surface area contributed by atoms with E-state index in [9.17, 15) is 8.42 Å². The smallest absolute Gasteiger partial charge is 0.250 e. The summed E-state index contributed by atoms with van der Waals surface area (Å²) in [6.07, 6.45) is 0. The second kappa shape index (κ2) is 6.18. The van der Waals surface area contributed by atoms with E-state index in [4.69, 9.17) is 4.74 Å². The first-order valence-corrected chi connectivity index (χ1v) is 8.23. The summed E-state index contributed by atoms with van der Waals surface area (Å²) in [7, 11) is -3.43. The first-order valence-electron chi connectivity index (χ1n) is 5.87. The monoisotopic (exact) mass is 297 g/mol. The lowest BCUT2D eigenvalue weighted by Gasteiger charge is -2.10. The number of sulfonamides is 1. The Kier molecular flexibility index (Phi) is 4.57. The SMILES string of the molecule is CCOc1ccccc1CNS(=O)(=O)c1cccs1. The van der Waals surface area contributed by atoms with Crippen LogP contribution in [-0.2, 0) is 16.6 Å². The van der Waals surface area contributed by atoms with Crippen molar-refractivity contribution in [3.63, 3.8) is 0 Å². The molecule has 0 radical (unpaired) electrons. The number of thiophene rings is 1. The molecular weight excluding hydrogens is 282 g/mol. The van der Waals surface area contributed by atoms with Gasteiger partial charge in [-0.25, -0.2) is 13.1 Å². The standard InChI is InChI=1S/C13H15NO3S2/c1-2-17-12-7-4-3-6-11(12)10-14-19(15,16)13-8-5-9-18-13/h3-9,14H,2,10H2,1H3. The molecule has 0 aliphatic carbocycles. The predicted octanol–water partition coefficient (Wildman–Crippen LogP) is 2.63. The van der Waals surface area contributed by atoms with E-state index in [0.29, 0.717) is 16.6 Å². The third-order valence-electron chi connectivity index (χ3n) is 2.49. The molecule has 0 unspecified atom stereocenters. The van der Waals surface area contributed by atoms with Gasteiger partial charge in [0.25, 0.3) is 0 Å². The van der Waals surface area contributed by atoms with E-state index in [1.54, 1.807) is 17.5 Å². The number of benzene rings is 1. The van der Waals surface area contributed by atoms with Crippen LogP contribution in [0.4, 0.5) is 0 Å². The summed E-state index contributed by atoms with van der Waals surface area (Å²) >= 11 is 1.20. The fourth-order valence-electron chi connectivity index (χ4n) is 1.61. The zero-order chi connectivity index (χ0) is 13.7. The molecular formula is C13H15NO3S2. The quantitative estimate of drug-likeness (QED) is 0.891. The number of rotatable bonds is 6. The molecule has 1 aromatic carbocycles. The van der Waals surface area contributed by atoms with Crippen LogP contribution in [0, 0.1) is 0 Å². The molecule has 102 valence electrons. The molecule has 2 rings (SSSR count). The van der Waals surface area contributed by atoms with E-state index in [0.717, 1.165) is 5.56 Å². The number of para-hydroxylation sites is 1. The Morgan fingerprint density at radius 2 is 2.00 bits per heavy atom. The van der Waals surface area contributed by atoms with Crippen LogP contribution in [0.5, 0.6) is 5.75 Å². The lowest BCUT2D eigenvalue weighted by atomic mass is 10.2. The maximum Gasteiger partial charge on any atom is 0.250 e. The number of hydrogen-bond donors (Lipinski definition) is 1. The molecule has 0 fully saturated rings. The molecule has 0 aliphatic rings. The third-order valence-corrected chi connectivity index (χ3v) is 5.28. The number of nitrogens with one attached hydrogen (secondary N) is 1. The van der Waals surface area contributed by atoms with Gasteiger partial charge in [-0.3, -0.25) is 0 Å². The van der Waals surface area contributed by atoms with Gasteiger partial charge in [-0.1, -0.05) is 24.3 Å². The summed E-state index contributed by atoms with van der Waals surface area (Å²) in [4.78, 5) is 0. The van der Waals surface area contributed by atoms with Crippen molar-refractivity contribution >= 4 is 21.4 Å². The molecule has 2 aromatic rings. The Hall–Kier alpha value is -1.37. The van der Waals surface area contributed by atoms with Gasteiger partial charge < -0.3 is 4.74 Å². The predicted molar refractivity (Wildman–Crippen MR) is 76.0 cm³/mol. The molecule has 0 atom stereocenters. The lowest BCUT2D eigenvalue weighted by molar-refractivity contribution is 0.336. The summed E-state index contributed by atoms with van der Waals surface area (Å²) in [6, 6.07) is 10.7. The topological polar surface area (TPSA) is 55.4 Å². The molecule has 0 aliphatic heterocycles. The van der Waals surface area contributed by atoms with E-state index in [-0.39, 0.29) is 6.54 Å². The van der Waals surface area contributed by atoms with Crippen LogP contribution < -0.4 is 9.46 Å². The number of ether oxygens (including phenoxy) is 1. The molecule has 0 saturated heterocycles. The highest BCUT2D eigenvalue weighted by Gasteiger charge is 2.15. The fourth-order valence-corrected chi connectivity index (χ4v) is 3.65. The van der Waals surface area contributed by atoms with Gasteiger partial charge in [0.15, 0.2) is 0 Å². The zero-order valence-corrected chi connectivity index (χ0v) is 12.1. The maximum absolute atomic E-state index is 12.0. The molecule has 0 saturated carbocycles. The minimum atomic E-state index is -3.43. The first kappa shape index (κ1) is 14.0. The first-order chi connectivity index (χ1) is 9.13. The molecule has 0 amide bonds. The summed E-state index contributed by atoms with van der Waals surface area (Å²) in [5.41, 5.74) is 0.824. The van der Waals surface area contributed by atoms with Gasteiger partial charge in [-0.2, -0.15) is 0 Å². The second-order valence-electron chi connectivity index (χ2n) is 3.80.